The highest BCUT2D eigenvalue weighted by molar-refractivity contribution is 5.96. The Kier molecular flexibility index (Phi) is 20.5. The smallest absolute Gasteiger partial charge is 0.253 e. The van der Waals surface area contributed by atoms with Crippen LogP contribution in [0.2, 0.25) is 0 Å². The number of aldehydes is 1. The second kappa shape index (κ2) is 26.9. The van der Waals surface area contributed by atoms with Crippen LogP contribution in [0.1, 0.15) is 38.3 Å². The number of aromatic nitrogens is 4. The Hall–Kier alpha value is -7.70. The molecule has 0 aliphatic carbocycles. The van der Waals surface area contributed by atoms with Gasteiger partial charge in [0.15, 0.2) is 0 Å². The standard InChI is InChI=1S/C26H31N5O4.C14H20N4O.C13H17NO3/c1-30(2)9-10-34-24-13-17(21-14-27-28-15-21)5-7-22(24)29-25(32)20-12-19-11-18(26(33)31(3)4)6-8-23(19)35-16-20;1-15-13-5-4-11(12-9-16-17-10-12)8-14(13)19-7-6-18(2)3;1-14(2)13(16)11-6-7-12(17-3)10(9-11)5-4-8-15/h5-8,11,13-15,20H,9-10,12,16H2,1-4H3,(H,27,28)(H,29,32);4-5,8-10,15H,6-7H2,1-3H3,(H,16,17);6-9H,4-5H2,1-3H3. The fourth-order valence-corrected chi connectivity index (χ4v) is 7.21. The highest BCUT2D eigenvalue weighted by Gasteiger charge is 2.28. The van der Waals surface area contributed by atoms with Crippen LogP contribution in [-0.4, -0.2) is 167 Å². The molecule has 18 heteroatoms. The summed E-state index contributed by atoms with van der Waals surface area (Å²) in [7, 11) is 18.3. The lowest BCUT2D eigenvalue weighted by Gasteiger charge is -2.26. The molecule has 4 N–H and O–H groups in total. The number of carbonyl (C=O) groups is 4. The van der Waals surface area contributed by atoms with Crippen molar-refractivity contribution in [2.45, 2.75) is 19.3 Å². The zero-order valence-corrected chi connectivity index (χ0v) is 42.5. The first kappa shape index (κ1) is 54.2. The van der Waals surface area contributed by atoms with E-state index in [-0.39, 0.29) is 24.3 Å². The van der Waals surface area contributed by atoms with Crippen molar-refractivity contribution in [2.24, 2.45) is 5.92 Å². The number of methoxy groups -OCH3 is 1. The van der Waals surface area contributed by atoms with E-state index in [9.17, 15) is 19.2 Å². The van der Waals surface area contributed by atoms with E-state index in [1.165, 1.54) is 9.80 Å². The molecule has 2 aromatic heterocycles. The van der Waals surface area contributed by atoms with Crippen LogP contribution in [0.15, 0.2) is 97.6 Å². The zero-order valence-electron chi connectivity index (χ0n) is 42.5. The summed E-state index contributed by atoms with van der Waals surface area (Å²) in [5.74, 6) is 2.18. The fourth-order valence-electron chi connectivity index (χ4n) is 7.21. The Bertz CT molecular complexity index is 2650. The average molecular weight is 973 g/mol. The number of aromatic amines is 2. The molecule has 0 bridgehead atoms. The van der Waals surface area contributed by atoms with Gasteiger partial charge < -0.3 is 54.0 Å². The number of benzene rings is 4. The van der Waals surface area contributed by atoms with E-state index < -0.39 is 5.92 Å². The number of rotatable bonds is 19. The Morgan fingerprint density at radius 3 is 1.76 bits per heavy atom. The van der Waals surface area contributed by atoms with Gasteiger partial charge in [-0.1, -0.05) is 12.1 Å². The normalized spacial score (nSPS) is 12.5. The minimum absolute atomic E-state index is 0.0555. The van der Waals surface area contributed by atoms with Crippen molar-refractivity contribution in [3.05, 3.63) is 120 Å². The van der Waals surface area contributed by atoms with E-state index in [2.05, 4.69) is 42.0 Å². The first-order valence-electron chi connectivity index (χ1n) is 23.2. The molecule has 3 amide bonds. The quantitative estimate of drug-likeness (QED) is 0.0643. The Labute approximate surface area is 416 Å². The van der Waals surface area contributed by atoms with Crippen molar-refractivity contribution in [3.63, 3.8) is 0 Å². The second-order valence-corrected chi connectivity index (χ2v) is 17.6. The summed E-state index contributed by atoms with van der Waals surface area (Å²) < 4.78 is 22.9. The number of H-pyrrole nitrogens is 2. The first-order chi connectivity index (χ1) is 34.1. The fraction of sp³-hybridized carbons (Fsp3) is 0.358. The van der Waals surface area contributed by atoms with Crippen LogP contribution in [0.4, 0.5) is 11.4 Å². The minimum Gasteiger partial charge on any atom is -0.496 e. The molecule has 3 heterocycles. The van der Waals surface area contributed by atoms with Crippen LogP contribution in [0.3, 0.4) is 0 Å². The summed E-state index contributed by atoms with van der Waals surface area (Å²) in [4.78, 5) is 54.9. The van der Waals surface area contributed by atoms with Gasteiger partial charge in [-0.15, -0.1) is 0 Å². The van der Waals surface area contributed by atoms with Crippen molar-refractivity contribution in [2.75, 3.05) is 114 Å². The lowest BCUT2D eigenvalue weighted by molar-refractivity contribution is -0.121. The molecule has 0 radical (unpaired) electrons. The van der Waals surface area contributed by atoms with Gasteiger partial charge in [0.1, 0.15) is 49.1 Å². The third kappa shape index (κ3) is 15.9. The van der Waals surface area contributed by atoms with E-state index in [1.807, 2.05) is 88.9 Å². The molecule has 1 atom stereocenters. The molecule has 4 aromatic carbocycles. The van der Waals surface area contributed by atoms with Gasteiger partial charge in [0.25, 0.3) is 11.8 Å². The number of amides is 3. The highest BCUT2D eigenvalue weighted by atomic mass is 16.5. The van der Waals surface area contributed by atoms with Crippen molar-refractivity contribution >= 4 is 35.4 Å². The number of carbonyl (C=O) groups excluding carboxylic acids is 4. The molecule has 1 unspecified atom stereocenters. The molecule has 0 fully saturated rings. The van der Waals surface area contributed by atoms with Crippen LogP contribution in [0.25, 0.3) is 22.3 Å². The number of nitrogens with one attached hydrogen (secondary N) is 4. The Balaban J connectivity index is 0.000000219. The highest BCUT2D eigenvalue weighted by Crippen LogP contribution is 2.34. The monoisotopic (exact) mass is 973 g/mol. The van der Waals surface area contributed by atoms with Gasteiger partial charge in [0, 0.05) is 89.4 Å². The Morgan fingerprint density at radius 2 is 1.25 bits per heavy atom. The molecule has 6 aromatic rings. The molecule has 0 saturated carbocycles. The van der Waals surface area contributed by atoms with Crippen molar-refractivity contribution in [1.29, 1.82) is 0 Å². The van der Waals surface area contributed by atoms with Gasteiger partial charge in [-0.25, -0.2) is 0 Å². The number of hydrogen-bond acceptors (Lipinski definition) is 13. The largest absolute Gasteiger partial charge is 0.496 e. The zero-order chi connectivity index (χ0) is 51.5. The SMILES string of the molecule is CN(C)CCOc1cc(-c2cn[nH]c2)ccc1NC(=O)C1COc2ccc(C(=O)N(C)C)cc2C1.CNc1ccc(-c2cn[nH]c2)cc1OCCN(C)C.COc1ccc(C(=O)N(C)C)cc1CCC=O. The molecular formula is C53H68N10O8. The minimum atomic E-state index is -0.393. The van der Waals surface area contributed by atoms with Crippen LogP contribution >= 0.6 is 0 Å². The predicted molar refractivity (Wildman–Crippen MR) is 277 cm³/mol. The van der Waals surface area contributed by atoms with E-state index >= 15 is 0 Å². The molecule has 18 nitrogen and oxygen atoms in total. The summed E-state index contributed by atoms with van der Waals surface area (Å²) in [5, 5.41) is 19.8. The van der Waals surface area contributed by atoms with Gasteiger partial charge >= 0.3 is 0 Å². The summed E-state index contributed by atoms with van der Waals surface area (Å²) >= 11 is 0. The molecular weight excluding hydrogens is 905 g/mol. The number of anilines is 2. The van der Waals surface area contributed by atoms with Gasteiger partial charge in [0.05, 0.1) is 36.8 Å². The third-order valence-corrected chi connectivity index (χ3v) is 11.2. The van der Waals surface area contributed by atoms with Crippen molar-refractivity contribution in [1.82, 2.24) is 40.0 Å². The Morgan fingerprint density at radius 1 is 0.704 bits per heavy atom. The number of hydrogen-bond donors (Lipinski definition) is 4. The van der Waals surface area contributed by atoms with Gasteiger partial charge in [-0.3, -0.25) is 24.6 Å². The molecule has 1 aliphatic heterocycles. The second-order valence-electron chi connectivity index (χ2n) is 17.6. The van der Waals surface area contributed by atoms with Crippen LogP contribution in [-0.2, 0) is 22.4 Å². The number of ether oxygens (including phenoxy) is 4. The molecule has 71 heavy (non-hydrogen) atoms. The van der Waals surface area contributed by atoms with Gasteiger partial charge in [-0.05, 0) is 124 Å². The van der Waals surface area contributed by atoms with Crippen molar-refractivity contribution in [3.8, 4) is 45.3 Å². The molecule has 1 aliphatic rings. The molecule has 7 rings (SSSR count). The molecule has 0 saturated heterocycles. The first-order valence-corrected chi connectivity index (χ1v) is 23.2. The van der Waals surface area contributed by atoms with E-state index in [0.717, 1.165) is 64.2 Å². The van der Waals surface area contributed by atoms with Crippen molar-refractivity contribution < 1.29 is 38.1 Å². The predicted octanol–water partition coefficient (Wildman–Crippen LogP) is 6.50. The summed E-state index contributed by atoms with van der Waals surface area (Å²) in [6.07, 6.45) is 9.58. The lowest BCUT2D eigenvalue weighted by atomic mass is 9.94. The number of fused-ring (bicyclic) bond motifs is 1. The molecule has 378 valence electrons. The average Bonchev–Trinajstić information content (AvgIpc) is 4.12. The van der Waals surface area contributed by atoms with Crippen LogP contribution in [0.5, 0.6) is 23.0 Å². The molecule has 0 spiro atoms. The van der Waals surface area contributed by atoms with E-state index in [1.54, 1.807) is 78.0 Å². The summed E-state index contributed by atoms with van der Waals surface area (Å²) in [5.41, 5.74) is 8.52. The maximum atomic E-state index is 13.2. The number of nitrogens with zero attached hydrogens (tertiary/aromatic N) is 6. The van der Waals surface area contributed by atoms with Gasteiger partial charge in [0.2, 0.25) is 5.91 Å². The maximum Gasteiger partial charge on any atom is 0.253 e. The summed E-state index contributed by atoms with van der Waals surface area (Å²) in [6.45, 7) is 3.04. The van der Waals surface area contributed by atoms with Crippen LogP contribution < -0.4 is 29.6 Å². The number of likely N-dealkylation sites (N-methyl/N-ethyl adjacent to an activating group) is 2. The third-order valence-electron chi connectivity index (χ3n) is 11.2. The summed E-state index contributed by atoms with van der Waals surface area (Å²) in [6, 6.07) is 22.4. The van der Waals surface area contributed by atoms with Crippen LogP contribution in [0, 0.1) is 5.92 Å². The topological polar surface area (TPSA) is 200 Å². The van der Waals surface area contributed by atoms with E-state index in [0.29, 0.717) is 66.5 Å². The number of aryl methyl sites for hydroxylation is 1. The van der Waals surface area contributed by atoms with E-state index in [4.69, 9.17) is 18.9 Å². The van der Waals surface area contributed by atoms with Gasteiger partial charge in [-0.2, -0.15) is 10.2 Å². The lowest BCUT2D eigenvalue weighted by Crippen LogP contribution is -2.33. The maximum absolute atomic E-state index is 13.2.